The molecular weight excluding hydrogens is 317 g/mol. The molecule has 2 rings (SSSR count). The summed E-state index contributed by atoms with van der Waals surface area (Å²) < 4.78 is 13.2. The van der Waals surface area contributed by atoms with Crippen molar-refractivity contribution in [3.8, 4) is 11.5 Å². The molecule has 0 radical (unpaired) electrons. The van der Waals surface area contributed by atoms with E-state index in [0.717, 1.165) is 42.4 Å². The summed E-state index contributed by atoms with van der Waals surface area (Å²) >= 11 is 0. The van der Waals surface area contributed by atoms with Gasteiger partial charge in [0.25, 0.3) is 0 Å². The maximum atomic E-state index is 11.9. The van der Waals surface area contributed by atoms with Gasteiger partial charge < -0.3 is 9.47 Å². The van der Waals surface area contributed by atoms with Gasteiger partial charge in [-0.1, -0.05) is 30.1 Å². The number of nitrogens with zero attached hydrogens (tertiary/aromatic N) is 3. The number of hydrogen-bond acceptors (Lipinski definition) is 5. The second kappa shape index (κ2) is 9.25. The van der Waals surface area contributed by atoms with Crippen LogP contribution in [0.1, 0.15) is 43.0 Å². The molecule has 0 aliphatic rings. The minimum Gasteiger partial charge on any atom is -0.490 e. The highest BCUT2D eigenvalue weighted by molar-refractivity contribution is 6.08. The zero-order chi connectivity index (χ0) is 18.2. The van der Waals surface area contributed by atoms with Gasteiger partial charge in [0.15, 0.2) is 11.5 Å². The maximum absolute atomic E-state index is 11.9. The molecule has 0 saturated heterocycles. The maximum Gasteiger partial charge on any atom is 0.311 e. The minimum atomic E-state index is -0.223. The summed E-state index contributed by atoms with van der Waals surface area (Å²) in [6.07, 6.45) is 5.59. The monoisotopic (exact) mass is 343 g/mol. The van der Waals surface area contributed by atoms with Crippen LogP contribution in [-0.4, -0.2) is 35.4 Å². The number of esters is 1. The molecule has 0 amide bonds. The second-order valence-electron chi connectivity index (χ2n) is 6.15. The van der Waals surface area contributed by atoms with Crippen LogP contribution in [0, 0.1) is 6.92 Å². The molecule has 0 bridgehead atoms. The first-order valence-electron chi connectivity index (χ1n) is 8.85. The molecule has 134 valence electrons. The number of carbonyl (C=O) groups is 1. The molecule has 25 heavy (non-hydrogen) atoms. The summed E-state index contributed by atoms with van der Waals surface area (Å²) in [5, 5.41) is 7.99. The number of carbonyl (C=O) groups excluding carboxylic acids is 1. The van der Waals surface area contributed by atoms with E-state index >= 15 is 0 Å². The van der Waals surface area contributed by atoms with Crippen molar-refractivity contribution in [3.63, 3.8) is 0 Å². The first-order valence-corrected chi connectivity index (χ1v) is 8.85. The SMILES string of the molecule is BCc1cc(C)c(OC(=O)CCC)c(OCCCc2cn(C)nn2)c1. The Labute approximate surface area is 149 Å². The number of ether oxygens (including phenoxy) is 2. The standard InChI is InChI=1S/C18H26BN3O3/c1-4-6-17(23)25-18-13(2)9-14(11-19)10-16(18)24-8-5-7-15-12-22(3)21-20-15/h9-10,12H,4-8,11,19H2,1-3H3. The van der Waals surface area contributed by atoms with Crippen molar-refractivity contribution in [1.29, 1.82) is 0 Å². The molecule has 1 heterocycles. The van der Waals surface area contributed by atoms with Crippen LogP contribution in [0.25, 0.3) is 0 Å². The number of aryl methyl sites for hydroxylation is 3. The molecular formula is C18H26BN3O3. The average molecular weight is 343 g/mol. The van der Waals surface area contributed by atoms with Crippen LogP contribution in [0.5, 0.6) is 11.5 Å². The fourth-order valence-electron chi connectivity index (χ4n) is 2.57. The van der Waals surface area contributed by atoms with E-state index in [0.29, 0.717) is 24.5 Å². The average Bonchev–Trinajstić information content (AvgIpc) is 2.99. The van der Waals surface area contributed by atoms with Gasteiger partial charge in [-0.25, -0.2) is 0 Å². The van der Waals surface area contributed by atoms with Crippen LogP contribution < -0.4 is 9.47 Å². The van der Waals surface area contributed by atoms with Crippen molar-refractivity contribution in [1.82, 2.24) is 15.0 Å². The van der Waals surface area contributed by atoms with Crippen LogP contribution in [0.2, 0.25) is 0 Å². The van der Waals surface area contributed by atoms with E-state index in [1.807, 2.05) is 39.2 Å². The van der Waals surface area contributed by atoms with E-state index < -0.39 is 0 Å². The zero-order valence-corrected chi connectivity index (χ0v) is 15.5. The van der Waals surface area contributed by atoms with Gasteiger partial charge in [0, 0.05) is 19.7 Å². The van der Waals surface area contributed by atoms with Crippen molar-refractivity contribution in [2.75, 3.05) is 6.61 Å². The van der Waals surface area contributed by atoms with Crippen LogP contribution in [0.3, 0.4) is 0 Å². The Balaban J connectivity index is 2.02. The molecule has 1 aromatic heterocycles. The molecule has 2 aromatic rings. The van der Waals surface area contributed by atoms with Crippen molar-refractivity contribution in [2.45, 2.75) is 45.9 Å². The topological polar surface area (TPSA) is 66.2 Å². The first-order chi connectivity index (χ1) is 12.0. The molecule has 0 spiro atoms. The smallest absolute Gasteiger partial charge is 0.311 e. The minimum absolute atomic E-state index is 0.223. The van der Waals surface area contributed by atoms with E-state index in [2.05, 4.69) is 18.2 Å². The fourth-order valence-corrected chi connectivity index (χ4v) is 2.57. The number of rotatable bonds is 9. The Morgan fingerprint density at radius 1 is 1.36 bits per heavy atom. The Morgan fingerprint density at radius 2 is 2.16 bits per heavy atom. The third kappa shape index (κ3) is 5.62. The lowest BCUT2D eigenvalue weighted by atomic mass is 9.95. The molecule has 0 unspecified atom stereocenters. The van der Waals surface area contributed by atoms with Crippen LogP contribution in [0.4, 0.5) is 0 Å². The highest BCUT2D eigenvalue weighted by Crippen LogP contribution is 2.33. The van der Waals surface area contributed by atoms with Gasteiger partial charge >= 0.3 is 5.97 Å². The van der Waals surface area contributed by atoms with Gasteiger partial charge in [-0.15, -0.1) is 5.10 Å². The molecule has 7 heteroatoms. The van der Waals surface area contributed by atoms with Crippen molar-refractivity contribution < 1.29 is 14.3 Å². The fraction of sp³-hybridized carbons (Fsp3) is 0.500. The quantitative estimate of drug-likeness (QED) is 0.301. The van der Waals surface area contributed by atoms with E-state index in [1.165, 1.54) is 0 Å². The molecule has 0 fully saturated rings. The predicted molar refractivity (Wildman–Crippen MR) is 98.8 cm³/mol. The number of benzene rings is 1. The summed E-state index contributed by atoms with van der Waals surface area (Å²) in [6.45, 7) is 4.43. The lowest BCUT2D eigenvalue weighted by Crippen LogP contribution is -2.10. The van der Waals surface area contributed by atoms with Gasteiger partial charge in [0.1, 0.15) is 7.85 Å². The predicted octanol–water partition coefficient (Wildman–Crippen LogP) is 1.97. The largest absolute Gasteiger partial charge is 0.490 e. The van der Waals surface area contributed by atoms with Gasteiger partial charge in [0.05, 0.1) is 12.3 Å². The van der Waals surface area contributed by atoms with E-state index in [9.17, 15) is 4.79 Å². The van der Waals surface area contributed by atoms with Crippen molar-refractivity contribution in [3.05, 3.63) is 35.2 Å². The second-order valence-corrected chi connectivity index (χ2v) is 6.15. The summed E-state index contributed by atoms with van der Waals surface area (Å²) in [5.41, 5.74) is 3.03. The summed E-state index contributed by atoms with van der Waals surface area (Å²) in [7, 11) is 3.94. The third-order valence-corrected chi connectivity index (χ3v) is 3.86. The van der Waals surface area contributed by atoms with E-state index in [1.54, 1.807) is 4.68 Å². The Hall–Kier alpha value is -2.31. The lowest BCUT2D eigenvalue weighted by molar-refractivity contribution is -0.134. The first kappa shape index (κ1) is 19.0. The Morgan fingerprint density at radius 3 is 2.80 bits per heavy atom. The Kier molecular flexibility index (Phi) is 7.04. The zero-order valence-electron chi connectivity index (χ0n) is 15.5. The Bertz CT molecular complexity index is 716. The number of hydrogen-bond donors (Lipinski definition) is 0. The third-order valence-electron chi connectivity index (χ3n) is 3.86. The van der Waals surface area contributed by atoms with Gasteiger partial charge in [-0.05, 0) is 37.8 Å². The van der Waals surface area contributed by atoms with E-state index in [4.69, 9.17) is 9.47 Å². The summed E-state index contributed by atoms with van der Waals surface area (Å²) in [5.74, 6) is 0.954. The lowest BCUT2D eigenvalue weighted by Gasteiger charge is -2.15. The normalized spacial score (nSPS) is 10.7. The van der Waals surface area contributed by atoms with Gasteiger partial charge in [-0.3, -0.25) is 9.48 Å². The van der Waals surface area contributed by atoms with E-state index in [-0.39, 0.29) is 5.97 Å². The highest BCUT2D eigenvalue weighted by atomic mass is 16.6. The molecule has 1 aromatic carbocycles. The molecule has 0 N–H and O–H groups in total. The van der Waals surface area contributed by atoms with Crippen molar-refractivity contribution >= 4 is 13.8 Å². The van der Waals surface area contributed by atoms with Gasteiger partial charge in [0.2, 0.25) is 0 Å². The van der Waals surface area contributed by atoms with Gasteiger partial charge in [-0.2, -0.15) is 0 Å². The number of aromatic nitrogens is 3. The molecule has 0 aliphatic heterocycles. The van der Waals surface area contributed by atoms with Crippen molar-refractivity contribution in [2.24, 2.45) is 7.05 Å². The molecule has 6 nitrogen and oxygen atoms in total. The van der Waals surface area contributed by atoms with Crippen LogP contribution in [0.15, 0.2) is 18.3 Å². The summed E-state index contributed by atoms with van der Waals surface area (Å²) in [6, 6.07) is 4.00. The summed E-state index contributed by atoms with van der Waals surface area (Å²) in [4.78, 5) is 11.9. The molecule has 0 aliphatic carbocycles. The molecule has 0 atom stereocenters. The van der Waals surface area contributed by atoms with Crippen LogP contribution >= 0.6 is 0 Å². The highest BCUT2D eigenvalue weighted by Gasteiger charge is 2.14. The molecule has 0 saturated carbocycles. The van der Waals surface area contributed by atoms with Crippen LogP contribution in [-0.2, 0) is 24.6 Å².